The van der Waals surface area contributed by atoms with Crippen molar-refractivity contribution in [3.63, 3.8) is 0 Å². The maximum Gasteiger partial charge on any atom is 0.220 e. The maximum absolute atomic E-state index is 13.0. The SMILES string of the molecule is CCCCCCC/C=C\C/C=C\CCCCCCCCCCCCCCCCCCCCCC(=O)NC(COC1OC(CO)C(O)C(O)C1O)C(O)/C=C/CCCCCCCCCCC. The van der Waals surface area contributed by atoms with Gasteiger partial charge in [-0.3, -0.25) is 4.79 Å². The Morgan fingerprint density at radius 3 is 1.32 bits per heavy atom. The van der Waals surface area contributed by atoms with Crippen LogP contribution in [0.1, 0.15) is 258 Å². The summed E-state index contributed by atoms with van der Waals surface area (Å²) in [6, 6.07) is -0.801. The molecule has 65 heavy (non-hydrogen) atoms. The van der Waals surface area contributed by atoms with Gasteiger partial charge in [0, 0.05) is 6.42 Å². The van der Waals surface area contributed by atoms with Gasteiger partial charge in [0.15, 0.2) is 6.29 Å². The number of aliphatic hydroxyl groups excluding tert-OH is 5. The molecule has 1 aliphatic heterocycles. The highest BCUT2D eigenvalue weighted by molar-refractivity contribution is 5.76. The fourth-order valence-corrected chi connectivity index (χ4v) is 8.78. The molecule has 1 fully saturated rings. The summed E-state index contributed by atoms with van der Waals surface area (Å²) in [6.45, 7) is 3.76. The lowest BCUT2D eigenvalue weighted by Gasteiger charge is -2.40. The predicted octanol–water partition coefficient (Wildman–Crippen LogP) is 13.2. The summed E-state index contributed by atoms with van der Waals surface area (Å²) >= 11 is 0. The Hall–Kier alpha value is -1.59. The van der Waals surface area contributed by atoms with E-state index >= 15 is 0 Å². The van der Waals surface area contributed by atoms with E-state index in [0.717, 1.165) is 44.9 Å². The van der Waals surface area contributed by atoms with E-state index < -0.39 is 49.5 Å². The van der Waals surface area contributed by atoms with Crippen LogP contribution in [-0.2, 0) is 14.3 Å². The van der Waals surface area contributed by atoms with Gasteiger partial charge in [-0.15, -0.1) is 0 Å². The molecule has 0 aromatic rings. The fourth-order valence-electron chi connectivity index (χ4n) is 8.78. The molecule has 1 saturated heterocycles. The monoisotopic (exact) mass is 920 g/mol. The van der Waals surface area contributed by atoms with Crippen LogP contribution in [0, 0.1) is 0 Å². The van der Waals surface area contributed by atoms with E-state index in [1.807, 2.05) is 6.08 Å². The summed E-state index contributed by atoms with van der Waals surface area (Å²) in [5.74, 6) is -0.175. The van der Waals surface area contributed by atoms with Crippen molar-refractivity contribution >= 4 is 5.91 Å². The molecule has 6 N–H and O–H groups in total. The van der Waals surface area contributed by atoms with E-state index in [1.54, 1.807) is 6.08 Å². The minimum absolute atomic E-state index is 0.175. The molecule has 0 aromatic heterocycles. The molecule has 0 aliphatic carbocycles. The fraction of sp³-hybridized carbons (Fsp3) is 0.875. The van der Waals surface area contributed by atoms with Crippen LogP contribution in [0.3, 0.4) is 0 Å². The van der Waals surface area contributed by atoms with Crippen LogP contribution in [0.25, 0.3) is 0 Å². The average molecular weight is 920 g/mol. The van der Waals surface area contributed by atoms with Gasteiger partial charge >= 0.3 is 0 Å². The van der Waals surface area contributed by atoms with E-state index in [2.05, 4.69) is 43.5 Å². The van der Waals surface area contributed by atoms with E-state index in [9.17, 15) is 30.3 Å². The number of carbonyl (C=O) groups is 1. The number of aliphatic hydroxyl groups is 5. The zero-order valence-corrected chi connectivity index (χ0v) is 42.3. The van der Waals surface area contributed by atoms with Crippen molar-refractivity contribution in [3.8, 4) is 0 Å². The number of carbonyl (C=O) groups excluding carboxylic acids is 1. The van der Waals surface area contributed by atoms with Gasteiger partial charge in [0.05, 0.1) is 25.4 Å². The minimum Gasteiger partial charge on any atom is -0.394 e. The molecule has 382 valence electrons. The van der Waals surface area contributed by atoms with Crippen molar-refractivity contribution in [3.05, 3.63) is 36.5 Å². The van der Waals surface area contributed by atoms with E-state index in [0.29, 0.717) is 6.42 Å². The third kappa shape index (κ3) is 36.1. The second kappa shape index (κ2) is 46.2. The second-order valence-corrected chi connectivity index (χ2v) is 19.4. The molecular weight excluding hydrogens is 815 g/mol. The third-order valence-electron chi connectivity index (χ3n) is 13.2. The first kappa shape index (κ1) is 61.4. The first-order valence-electron chi connectivity index (χ1n) is 27.7. The van der Waals surface area contributed by atoms with Gasteiger partial charge in [-0.05, 0) is 51.4 Å². The standard InChI is InChI=1S/C56H105NO8/c1-3-5-7-9-11-13-15-16-17-18-19-20-21-22-23-24-25-26-27-28-29-30-31-32-33-34-36-38-40-42-44-46-52(60)57-49(48-64-56-55(63)54(62)53(61)51(47-58)65-56)50(59)45-43-41-39-37-35-14-12-10-8-6-4-2/h15-16,18-19,43,45,49-51,53-56,58-59,61-63H,3-14,17,20-42,44,46-48H2,1-2H3,(H,57,60)/b16-15-,19-18-,45-43+. The number of unbranched alkanes of at least 4 members (excludes halogenated alkanes) is 33. The third-order valence-corrected chi connectivity index (χ3v) is 13.2. The molecule has 7 unspecified atom stereocenters. The number of ether oxygens (including phenoxy) is 2. The zero-order valence-electron chi connectivity index (χ0n) is 42.3. The molecule has 0 spiro atoms. The summed E-state index contributed by atoms with van der Waals surface area (Å²) in [4.78, 5) is 13.0. The highest BCUT2D eigenvalue weighted by Gasteiger charge is 2.44. The quantitative estimate of drug-likeness (QED) is 0.0261. The van der Waals surface area contributed by atoms with Crippen molar-refractivity contribution in [1.29, 1.82) is 0 Å². The summed E-state index contributed by atoms with van der Waals surface area (Å²) in [6.07, 6.45) is 52.2. The first-order valence-corrected chi connectivity index (χ1v) is 27.7. The van der Waals surface area contributed by atoms with Crippen molar-refractivity contribution in [2.75, 3.05) is 13.2 Å². The topological polar surface area (TPSA) is 149 Å². The smallest absolute Gasteiger partial charge is 0.220 e. The Labute approximate surface area is 400 Å². The van der Waals surface area contributed by atoms with E-state index in [-0.39, 0.29) is 12.5 Å². The molecule has 7 atom stereocenters. The minimum atomic E-state index is -1.56. The lowest BCUT2D eigenvalue weighted by molar-refractivity contribution is -0.302. The number of hydrogen-bond donors (Lipinski definition) is 6. The lowest BCUT2D eigenvalue weighted by atomic mass is 9.99. The van der Waals surface area contributed by atoms with Crippen LogP contribution in [0.5, 0.6) is 0 Å². The van der Waals surface area contributed by atoms with E-state index in [1.165, 1.54) is 193 Å². The zero-order chi connectivity index (χ0) is 47.3. The predicted molar refractivity (Wildman–Crippen MR) is 272 cm³/mol. The molecule has 0 saturated carbocycles. The summed E-state index contributed by atoms with van der Waals surface area (Å²) < 4.78 is 11.2. The summed E-state index contributed by atoms with van der Waals surface area (Å²) in [5, 5.41) is 54.3. The van der Waals surface area contributed by atoms with Crippen LogP contribution >= 0.6 is 0 Å². The molecule has 1 heterocycles. The molecule has 0 bridgehead atoms. The van der Waals surface area contributed by atoms with Crippen LogP contribution < -0.4 is 5.32 Å². The second-order valence-electron chi connectivity index (χ2n) is 19.4. The van der Waals surface area contributed by atoms with Gasteiger partial charge < -0.3 is 40.3 Å². The molecule has 1 rings (SSSR count). The Morgan fingerprint density at radius 2 is 0.908 bits per heavy atom. The van der Waals surface area contributed by atoms with Gasteiger partial charge in [-0.25, -0.2) is 0 Å². The lowest BCUT2D eigenvalue weighted by Crippen LogP contribution is -2.60. The van der Waals surface area contributed by atoms with Crippen molar-refractivity contribution in [1.82, 2.24) is 5.32 Å². The first-order chi connectivity index (χ1) is 31.8. The summed E-state index contributed by atoms with van der Waals surface area (Å²) in [5.41, 5.74) is 0. The molecule has 1 aliphatic rings. The van der Waals surface area contributed by atoms with Gasteiger partial charge in [0.2, 0.25) is 5.91 Å². The van der Waals surface area contributed by atoms with Gasteiger partial charge in [0.1, 0.15) is 24.4 Å². The molecule has 0 radical (unpaired) electrons. The number of rotatable bonds is 47. The highest BCUT2D eigenvalue weighted by Crippen LogP contribution is 2.23. The number of allylic oxidation sites excluding steroid dienone is 5. The maximum atomic E-state index is 13.0. The van der Waals surface area contributed by atoms with Crippen molar-refractivity contribution < 1.29 is 39.8 Å². The molecule has 9 nitrogen and oxygen atoms in total. The van der Waals surface area contributed by atoms with Gasteiger partial charge in [0.25, 0.3) is 0 Å². The van der Waals surface area contributed by atoms with Crippen molar-refractivity contribution in [2.45, 2.75) is 301 Å². The number of amides is 1. The highest BCUT2D eigenvalue weighted by atomic mass is 16.7. The van der Waals surface area contributed by atoms with Crippen molar-refractivity contribution in [2.24, 2.45) is 0 Å². The number of hydrogen-bond acceptors (Lipinski definition) is 8. The number of nitrogens with one attached hydrogen (secondary N) is 1. The molecule has 0 aromatic carbocycles. The molecule has 9 heteroatoms. The Bertz CT molecular complexity index is 1110. The molecular formula is C56H105NO8. The van der Waals surface area contributed by atoms with Gasteiger partial charge in [-0.1, -0.05) is 237 Å². The Balaban J connectivity index is 2.11. The van der Waals surface area contributed by atoms with Crippen LogP contribution in [-0.4, -0.2) is 87.5 Å². The van der Waals surface area contributed by atoms with Crippen LogP contribution in [0.4, 0.5) is 0 Å². The van der Waals surface area contributed by atoms with Crippen LogP contribution in [0.15, 0.2) is 36.5 Å². The van der Waals surface area contributed by atoms with E-state index in [4.69, 9.17) is 9.47 Å². The Kier molecular flexibility index (Phi) is 43.6. The Morgan fingerprint density at radius 1 is 0.523 bits per heavy atom. The largest absolute Gasteiger partial charge is 0.394 e. The molecule has 1 amide bonds. The normalized spacial score (nSPS) is 20.1. The average Bonchev–Trinajstić information content (AvgIpc) is 3.31. The summed E-state index contributed by atoms with van der Waals surface area (Å²) in [7, 11) is 0. The van der Waals surface area contributed by atoms with Crippen LogP contribution in [0.2, 0.25) is 0 Å². The van der Waals surface area contributed by atoms with Gasteiger partial charge in [-0.2, -0.15) is 0 Å².